The Hall–Kier alpha value is -3.30. The van der Waals surface area contributed by atoms with Crippen LogP contribution in [0.2, 0.25) is 0 Å². The number of hydrogen-bond donors (Lipinski definition) is 0. The fourth-order valence-electron chi connectivity index (χ4n) is 4.00. The Balaban J connectivity index is 0.00000387. The van der Waals surface area contributed by atoms with Gasteiger partial charge < -0.3 is 26.5 Å². The van der Waals surface area contributed by atoms with Crippen molar-refractivity contribution in [1.29, 1.82) is 0 Å². The van der Waals surface area contributed by atoms with Crippen LogP contribution in [0.1, 0.15) is 12.5 Å². The lowest BCUT2D eigenvalue weighted by molar-refractivity contribution is -0.0498. The van der Waals surface area contributed by atoms with Gasteiger partial charge in [0.1, 0.15) is 5.75 Å². The van der Waals surface area contributed by atoms with E-state index in [2.05, 4.69) is 9.72 Å². The number of ether oxygens (including phenoxy) is 2. The standard InChI is InChI=1S/C27H25F2N5O4S2.BrH/c1-19(21-3-2-12-30-17-21)32-34-25(20-4-8-23(9-5-20)38-26(28)29)18-39-27(34)31-22-6-10-24(11-7-22)40(35,36)33-13-15-37-16-14-33;/h2-12,17-18,26H,13-16H2,1H3;1H/p-1/b31-27?,32-19+;. The highest BCUT2D eigenvalue weighted by Crippen LogP contribution is 2.25. The van der Waals surface area contributed by atoms with Gasteiger partial charge in [-0.2, -0.15) is 18.2 Å². The quantitative estimate of drug-likeness (QED) is 0.268. The summed E-state index contributed by atoms with van der Waals surface area (Å²) in [5.41, 5.74) is 3.43. The summed E-state index contributed by atoms with van der Waals surface area (Å²) in [4.78, 5) is 9.60. The van der Waals surface area contributed by atoms with Crippen LogP contribution in [0, 0.1) is 0 Å². The molecule has 0 N–H and O–H groups in total. The van der Waals surface area contributed by atoms with Gasteiger partial charge in [0.05, 0.1) is 35.2 Å². The van der Waals surface area contributed by atoms with Crippen LogP contribution < -0.4 is 26.5 Å². The minimum Gasteiger partial charge on any atom is -1.00 e. The molecule has 0 amide bonds. The lowest BCUT2D eigenvalue weighted by Gasteiger charge is -2.26. The van der Waals surface area contributed by atoms with Crippen LogP contribution in [0.25, 0.3) is 11.3 Å². The van der Waals surface area contributed by atoms with E-state index in [-0.39, 0.29) is 27.6 Å². The minimum absolute atomic E-state index is 0. The largest absolute Gasteiger partial charge is 1.00 e. The van der Waals surface area contributed by atoms with E-state index in [1.54, 1.807) is 41.3 Å². The van der Waals surface area contributed by atoms with Crippen molar-refractivity contribution in [2.75, 3.05) is 26.3 Å². The van der Waals surface area contributed by atoms with Crippen LogP contribution in [-0.2, 0) is 14.8 Å². The second-order valence-corrected chi connectivity index (χ2v) is 11.4. The Morgan fingerprint density at radius 2 is 1.78 bits per heavy atom. The number of aromatic nitrogens is 2. The molecule has 0 bridgehead atoms. The summed E-state index contributed by atoms with van der Waals surface area (Å²) in [6.45, 7) is 0.304. The van der Waals surface area contributed by atoms with E-state index < -0.39 is 16.6 Å². The summed E-state index contributed by atoms with van der Waals surface area (Å²) in [5, 5.41) is 6.66. The molecule has 2 aromatic heterocycles. The van der Waals surface area contributed by atoms with Crippen LogP contribution in [-0.4, -0.2) is 61.0 Å². The van der Waals surface area contributed by atoms with Gasteiger partial charge in [-0.1, -0.05) is 6.07 Å². The maximum Gasteiger partial charge on any atom is 0.387 e. The summed E-state index contributed by atoms with van der Waals surface area (Å²) >= 11 is 1.33. The predicted octanol–water partition coefficient (Wildman–Crippen LogP) is 1.74. The van der Waals surface area contributed by atoms with E-state index in [9.17, 15) is 17.2 Å². The van der Waals surface area contributed by atoms with E-state index in [0.29, 0.717) is 53.8 Å². The molecule has 1 aliphatic rings. The maximum absolute atomic E-state index is 13.0. The predicted molar refractivity (Wildman–Crippen MR) is 147 cm³/mol. The molecule has 1 aliphatic heterocycles. The van der Waals surface area contributed by atoms with Gasteiger partial charge in [-0.15, -0.1) is 11.3 Å². The van der Waals surface area contributed by atoms with Crippen LogP contribution in [0.3, 0.4) is 0 Å². The van der Waals surface area contributed by atoms with Crippen molar-refractivity contribution in [2.45, 2.75) is 18.4 Å². The highest BCUT2D eigenvalue weighted by atomic mass is 79.9. The van der Waals surface area contributed by atoms with Crippen molar-refractivity contribution < 1.29 is 43.7 Å². The maximum atomic E-state index is 13.0. The summed E-state index contributed by atoms with van der Waals surface area (Å²) in [6.07, 6.45) is 3.37. The Kier molecular flexibility index (Phi) is 10.1. The molecule has 1 saturated heterocycles. The Labute approximate surface area is 250 Å². The first kappa shape index (κ1) is 30.7. The monoisotopic (exact) mass is 664 g/mol. The molecule has 41 heavy (non-hydrogen) atoms. The van der Waals surface area contributed by atoms with Crippen LogP contribution >= 0.6 is 11.3 Å². The molecule has 3 heterocycles. The van der Waals surface area contributed by atoms with E-state index in [1.165, 1.54) is 39.9 Å². The lowest BCUT2D eigenvalue weighted by atomic mass is 10.2. The summed E-state index contributed by atoms with van der Waals surface area (Å²) in [5.74, 6) is 0.0487. The molecule has 0 aliphatic carbocycles. The highest BCUT2D eigenvalue weighted by Gasteiger charge is 2.26. The molecule has 2 aromatic carbocycles. The zero-order chi connectivity index (χ0) is 28.1. The lowest BCUT2D eigenvalue weighted by Crippen LogP contribution is -3.00. The third-order valence-corrected chi connectivity index (χ3v) is 8.79. The third kappa shape index (κ3) is 7.32. The summed E-state index contributed by atoms with van der Waals surface area (Å²) < 4.78 is 64.0. The average molecular weight is 666 g/mol. The topological polar surface area (TPSA) is 98.4 Å². The fourth-order valence-corrected chi connectivity index (χ4v) is 6.26. The van der Waals surface area contributed by atoms with Gasteiger partial charge in [0.25, 0.3) is 0 Å². The smallest absolute Gasteiger partial charge is 0.387 e. The van der Waals surface area contributed by atoms with Crippen LogP contribution in [0.15, 0.2) is 93.4 Å². The molecule has 0 radical (unpaired) electrons. The number of halogens is 3. The number of hydrogen-bond acceptors (Lipinski definition) is 8. The van der Waals surface area contributed by atoms with Crippen LogP contribution in [0.4, 0.5) is 14.5 Å². The number of thiazole rings is 1. The second kappa shape index (κ2) is 13.6. The Morgan fingerprint density at radius 3 is 2.41 bits per heavy atom. The van der Waals surface area contributed by atoms with Crippen molar-refractivity contribution in [2.24, 2.45) is 10.1 Å². The number of sulfonamides is 1. The van der Waals surface area contributed by atoms with Crippen LogP contribution in [0.5, 0.6) is 5.75 Å². The molecule has 4 aromatic rings. The van der Waals surface area contributed by atoms with E-state index >= 15 is 0 Å². The molecule has 0 unspecified atom stereocenters. The molecular weight excluding hydrogens is 640 g/mol. The molecule has 14 heteroatoms. The second-order valence-electron chi connectivity index (χ2n) is 8.67. The summed E-state index contributed by atoms with van der Waals surface area (Å²) in [7, 11) is -3.63. The van der Waals surface area contributed by atoms with Gasteiger partial charge in [0, 0.05) is 42.0 Å². The van der Waals surface area contributed by atoms with Gasteiger partial charge in [-0.25, -0.2) is 18.1 Å². The Bertz CT molecular complexity index is 1650. The SMILES string of the molecule is C/C(=N\n1c(-c2ccc(OC(F)F)cc2)csc1=Nc1ccc(S(=O)(=O)N2CCOCC2)cc1)c1cccnc1.[Br-]. The van der Waals surface area contributed by atoms with Crippen molar-refractivity contribution >= 4 is 32.8 Å². The van der Waals surface area contributed by atoms with Crippen molar-refractivity contribution in [1.82, 2.24) is 14.0 Å². The van der Waals surface area contributed by atoms with E-state index in [4.69, 9.17) is 14.8 Å². The normalized spacial score (nSPS) is 15.1. The first-order chi connectivity index (χ1) is 19.3. The fraction of sp³-hybridized carbons (Fsp3) is 0.222. The molecule has 5 rings (SSSR count). The Morgan fingerprint density at radius 1 is 1.07 bits per heavy atom. The van der Waals surface area contributed by atoms with Crippen molar-refractivity contribution in [3.8, 4) is 17.0 Å². The molecule has 0 spiro atoms. The van der Waals surface area contributed by atoms with E-state index in [1.807, 2.05) is 24.4 Å². The number of morpholine rings is 1. The first-order valence-corrected chi connectivity index (χ1v) is 14.6. The number of nitrogens with zero attached hydrogens (tertiary/aromatic N) is 5. The first-order valence-electron chi connectivity index (χ1n) is 12.3. The third-order valence-electron chi connectivity index (χ3n) is 6.06. The molecule has 0 saturated carbocycles. The molecular formula is C27H25BrF2N5O4S2-. The molecule has 1 fully saturated rings. The van der Waals surface area contributed by atoms with Gasteiger partial charge >= 0.3 is 6.61 Å². The van der Waals surface area contributed by atoms with E-state index in [0.717, 1.165) is 5.56 Å². The zero-order valence-corrected chi connectivity index (χ0v) is 24.9. The molecule has 216 valence electrons. The van der Waals surface area contributed by atoms with Gasteiger partial charge in [0.2, 0.25) is 14.8 Å². The zero-order valence-electron chi connectivity index (χ0n) is 21.7. The number of alkyl halides is 2. The summed E-state index contributed by atoms with van der Waals surface area (Å²) in [6, 6.07) is 16.3. The van der Waals surface area contributed by atoms with Gasteiger partial charge in [-0.3, -0.25) is 4.98 Å². The average Bonchev–Trinajstić information content (AvgIpc) is 3.36. The number of rotatable bonds is 8. The van der Waals surface area contributed by atoms with Gasteiger partial charge in [0.15, 0.2) is 0 Å². The molecule has 0 atom stereocenters. The minimum atomic E-state index is -3.63. The van der Waals surface area contributed by atoms with Crippen molar-refractivity contribution in [3.63, 3.8) is 0 Å². The van der Waals surface area contributed by atoms with Gasteiger partial charge in [-0.05, 0) is 61.5 Å². The number of benzene rings is 2. The highest BCUT2D eigenvalue weighted by molar-refractivity contribution is 7.89. The molecule has 9 nitrogen and oxygen atoms in total. The van der Waals surface area contributed by atoms with Crippen molar-refractivity contribution in [3.05, 3.63) is 88.8 Å². The number of pyridine rings is 1.